The molecule has 3 heterocycles. The number of fused-ring (bicyclic) bond motifs is 1. The molecule has 0 saturated carbocycles. The minimum atomic E-state index is -1.25. The summed E-state index contributed by atoms with van der Waals surface area (Å²) in [6.07, 6.45) is -0.852. The molecule has 1 aromatic heterocycles. The molecule has 4 rings (SSSR count). The maximum Gasteiger partial charge on any atom is 0.408 e. The van der Waals surface area contributed by atoms with E-state index in [2.05, 4.69) is 20.8 Å². The average molecular weight is 668 g/mol. The van der Waals surface area contributed by atoms with E-state index >= 15 is 0 Å². The van der Waals surface area contributed by atoms with Crippen LogP contribution in [0.2, 0.25) is 0 Å². The Kier molecular flexibility index (Phi) is 10.3. The maximum atomic E-state index is 13.5. The Morgan fingerprint density at radius 1 is 1.14 bits per heavy atom. The van der Waals surface area contributed by atoms with Gasteiger partial charge in [-0.1, -0.05) is 35.2 Å². The van der Waals surface area contributed by atoms with Crippen molar-refractivity contribution in [2.75, 3.05) is 17.3 Å². The van der Waals surface area contributed by atoms with E-state index < -0.39 is 52.9 Å². The van der Waals surface area contributed by atoms with Crippen molar-refractivity contribution < 1.29 is 38.9 Å². The summed E-state index contributed by atoms with van der Waals surface area (Å²) in [5, 5.41) is 32.3. The molecular weight excluding hydrogens is 639 g/mol. The number of β-lactam (4-membered cyclic amide) rings is 1. The number of ether oxygens (including phenoxy) is 1. The third kappa shape index (κ3) is 8.21. The van der Waals surface area contributed by atoms with Crippen molar-refractivity contribution in [3.05, 3.63) is 46.1 Å². The maximum absolute atomic E-state index is 13.5. The van der Waals surface area contributed by atoms with Gasteiger partial charge in [0.05, 0.1) is 5.75 Å². The average Bonchev–Trinajstić information content (AvgIpc) is 3.35. The SMILES string of the molecule is Cc1nnc(SCC2=C(C(=O)O)N3C(=O)C(NC(=O)C(NC(=O)OC(C)(C)C)c4ccc(SCC(=O)O)cc4)[C@@H]3SC2)s1. The summed E-state index contributed by atoms with van der Waals surface area (Å²) in [7, 11) is 0. The minimum Gasteiger partial charge on any atom is -0.481 e. The predicted octanol–water partition coefficient (Wildman–Crippen LogP) is 3.12. The second-order valence-corrected chi connectivity index (χ2v) is 14.9. The largest absolute Gasteiger partial charge is 0.481 e. The number of rotatable bonds is 11. The number of aliphatic carboxylic acids is 2. The van der Waals surface area contributed by atoms with E-state index in [1.54, 1.807) is 45.0 Å². The predicted molar refractivity (Wildman–Crippen MR) is 162 cm³/mol. The highest BCUT2D eigenvalue weighted by molar-refractivity contribution is 8.02. The van der Waals surface area contributed by atoms with Crippen LogP contribution in [-0.2, 0) is 23.9 Å². The third-order valence-electron chi connectivity index (χ3n) is 5.92. The van der Waals surface area contributed by atoms with Crippen LogP contribution in [0.5, 0.6) is 0 Å². The molecule has 2 aliphatic heterocycles. The van der Waals surface area contributed by atoms with Gasteiger partial charge in [0.25, 0.3) is 5.91 Å². The number of benzene rings is 1. The summed E-state index contributed by atoms with van der Waals surface area (Å²) in [5.41, 5.74) is -0.00275. The van der Waals surface area contributed by atoms with Gasteiger partial charge in [-0.05, 0) is 51.0 Å². The van der Waals surface area contributed by atoms with Gasteiger partial charge in [0.15, 0.2) is 4.34 Å². The van der Waals surface area contributed by atoms with Crippen LogP contribution in [0.4, 0.5) is 4.79 Å². The Morgan fingerprint density at radius 3 is 2.42 bits per heavy atom. The van der Waals surface area contributed by atoms with Crippen LogP contribution >= 0.6 is 46.6 Å². The molecule has 3 atom stereocenters. The molecule has 1 saturated heterocycles. The number of aromatic nitrogens is 2. The number of hydrogen-bond donors (Lipinski definition) is 4. The van der Waals surface area contributed by atoms with Crippen molar-refractivity contribution in [1.82, 2.24) is 25.7 Å². The fourth-order valence-corrected chi connectivity index (χ4v) is 8.06. The molecule has 3 amide bonds. The van der Waals surface area contributed by atoms with Crippen molar-refractivity contribution in [2.45, 2.75) is 60.0 Å². The van der Waals surface area contributed by atoms with Crippen LogP contribution in [-0.4, -0.2) is 89.4 Å². The smallest absolute Gasteiger partial charge is 0.408 e. The first-order valence-electron chi connectivity index (χ1n) is 12.8. The first-order chi connectivity index (χ1) is 20.2. The highest BCUT2D eigenvalue weighted by Gasteiger charge is 2.54. The summed E-state index contributed by atoms with van der Waals surface area (Å²) < 4.78 is 6.02. The van der Waals surface area contributed by atoms with Crippen molar-refractivity contribution in [1.29, 1.82) is 0 Å². The summed E-state index contributed by atoms with van der Waals surface area (Å²) in [6.45, 7) is 6.84. The lowest BCUT2D eigenvalue weighted by Gasteiger charge is -2.49. The van der Waals surface area contributed by atoms with Crippen LogP contribution in [0.1, 0.15) is 37.4 Å². The number of carboxylic acids is 2. The molecule has 0 spiro atoms. The number of carboxylic acid groups (broad SMARTS) is 2. The molecule has 17 heteroatoms. The number of hydrogen-bond acceptors (Lipinski definition) is 12. The van der Waals surface area contributed by atoms with Crippen molar-refractivity contribution >= 4 is 76.5 Å². The molecule has 0 aliphatic carbocycles. The Morgan fingerprint density at radius 2 is 1.84 bits per heavy atom. The van der Waals surface area contributed by atoms with Gasteiger partial charge in [0, 0.05) is 16.4 Å². The van der Waals surface area contributed by atoms with Crippen molar-refractivity contribution in [2.24, 2.45) is 0 Å². The zero-order valence-electron chi connectivity index (χ0n) is 23.5. The Balaban J connectivity index is 1.49. The van der Waals surface area contributed by atoms with E-state index in [9.17, 15) is 29.1 Å². The molecule has 4 N–H and O–H groups in total. The molecule has 2 unspecified atom stereocenters. The summed E-state index contributed by atoms with van der Waals surface area (Å²) in [4.78, 5) is 64.3. The van der Waals surface area contributed by atoms with Crippen molar-refractivity contribution in [3.8, 4) is 0 Å². The molecule has 2 aliphatic rings. The van der Waals surface area contributed by atoms with Crippen molar-refractivity contribution in [3.63, 3.8) is 0 Å². The van der Waals surface area contributed by atoms with Gasteiger partial charge >= 0.3 is 18.0 Å². The zero-order valence-corrected chi connectivity index (χ0v) is 26.7. The van der Waals surface area contributed by atoms with E-state index in [4.69, 9.17) is 9.84 Å². The highest BCUT2D eigenvalue weighted by atomic mass is 32.2. The number of thioether (sulfide) groups is 3. The molecule has 43 heavy (non-hydrogen) atoms. The van der Waals surface area contributed by atoms with Gasteiger partial charge in [-0.15, -0.1) is 33.7 Å². The van der Waals surface area contributed by atoms with Crippen LogP contribution in [0.3, 0.4) is 0 Å². The summed E-state index contributed by atoms with van der Waals surface area (Å²) >= 11 is 5.17. The van der Waals surface area contributed by atoms with E-state index in [0.29, 0.717) is 31.9 Å². The topological polar surface area (TPSA) is 188 Å². The number of alkyl carbamates (subject to hydrolysis) is 1. The van der Waals surface area contributed by atoms with Gasteiger partial charge in [0.2, 0.25) is 5.91 Å². The summed E-state index contributed by atoms with van der Waals surface area (Å²) in [6, 6.07) is 4.13. The lowest BCUT2D eigenvalue weighted by atomic mass is 10.0. The fraction of sp³-hybridized carbons (Fsp3) is 0.423. The monoisotopic (exact) mass is 667 g/mol. The number of carbonyl (C=O) groups is 5. The molecule has 0 bridgehead atoms. The van der Waals surface area contributed by atoms with E-state index in [0.717, 1.165) is 16.8 Å². The van der Waals surface area contributed by atoms with Gasteiger partial charge in [-0.2, -0.15) is 0 Å². The molecule has 13 nitrogen and oxygen atoms in total. The first-order valence-corrected chi connectivity index (χ1v) is 16.6. The standard InChI is InChI=1S/C26H29N5O8S4/c1-12-29-30-25(43-12)42-10-14-9-41-22-18(21(35)31(22)19(14)23(36)37)27-20(34)17(28-24(38)39-26(2,3)4)13-5-7-15(8-6-13)40-11-16(32)33/h5-8,17-18,22H,9-11H2,1-4H3,(H,27,34)(H,28,38)(H,32,33)(H,36,37)/t17?,18?,22-/m0/s1. The lowest BCUT2D eigenvalue weighted by molar-refractivity contribution is -0.151. The highest BCUT2D eigenvalue weighted by Crippen LogP contribution is 2.42. The normalized spacial score (nSPS) is 18.8. The van der Waals surface area contributed by atoms with Crippen LogP contribution in [0.15, 0.2) is 44.8 Å². The van der Waals surface area contributed by atoms with Gasteiger partial charge in [-0.25, -0.2) is 9.59 Å². The first kappa shape index (κ1) is 32.6. The second kappa shape index (κ2) is 13.6. The number of carbonyl (C=O) groups excluding carboxylic acids is 3. The summed E-state index contributed by atoms with van der Waals surface area (Å²) in [5.74, 6) is -2.97. The van der Waals surface area contributed by atoms with Crippen LogP contribution < -0.4 is 10.6 Å². The van der Waals surface area contributed by atoms with Gasteiger partial charge < -0.3 is 25.6 Å². The Hall–Kier alpha value is -3.28. The molecule has 1 aromatic carbocycles. The lowest BCUT2D eigenvalue weighted by Crippen LogP contribution is -2.71. The Labute approximate surface area is 263 Å². The Bertz CT molecular complexity index is 1460. The molecule has 1 fully saturated rings. The number of nitrogens with zero attached hydrogens (tertiary/aromatic N) is 3. The van der Waals surface area contributed by atoms with Gasteiger partial charge in [0.1, 0.15) is 33.8 Å². The third-order valence-corrected chi connectivity index (χ3v) is 10.3. The number of aryl methyl sites for hydroxylation is 1. The molecule has 230 valence electrons. The van der Waals surface area contributed by atoms with E-state index in [-0.39, 0.29) is 11.4 Å². The van der Waals surface area contributed by atoms with Crippen LogP contribution in [0.25, 0.3) is 0 Å². The number of nitrogens with one attached hydrogen (secondary N) is 2. The molecular formula is C26H29N5O8S4. The fourth-order valence-electron chi connectivity index (χ4n) is 4.14. The zero-order chi connectivity index (χ0) is 31.5. The second-order valence-electron chi connectivity index (χ2n) is 10.4. The van der Waals surface area contributed by atoms with Gasteiger partial charge in [-0.3, -0.25) is 19.3 Å². The minimum absolute atomic E-state index is 0.106. The van der Waals surface area contributed by atoms with E-state index in [1.807, 2.05) is 6.92 Å². The molecule has 2 aromatic rings. The van der Waals surface area contributed by atoms with Crippen LogP contribution in [0, 0.1) is 6.92 Å². The molecule has 0 radical (unpaired) electrons. The van der Waals surface area contributed by atoms with E-state index in [1.165, 1.54) is 39.8 Å². The quantitative estimate of drug-likeness (QED) is 0.202. The number of amides is 3.